The number of nitrogens with one attached hydrogen (secondary N) is 1. The second kappa shape index (κ2) is 6.52. The molecule has 2 aromatic carbocycles. The van der Waals surface area contributed by atoms with Crippen molar-refractivity contribution >= 4 is 22.7 Å². The predicted octanol–water partition coefficient (Wildman–Crippen LogP) is 4.24. The molecule has 0 bridgehead atoms. The number of nitrogens with zero attached hydrogens (tertiary/aromatic N) is 1. The molecule has 0 unspecified atom stereocenters. The van der Waals surface area contributed by atoms with Crippen LogP contribution in [0.3, 0.4) is 0 Å². The highest BCUT2D eigenvalue weighted by Gasteiger charge is 2.12. The number of anilines is 1. The van der Waals surface area contributed by atoms with Gasteiger partial charge >= 0.3 is 0 Å². The van der Waals surface area contributed by atoms with E-state index in [2.05, 4.69) is 10.3 Å². The number of amides is 1. The highest BCUT2D eigenvalue weighted by Crippen LogP contribution is 2.31. The van der Waals surface area contributed by atoms with Crippen LogP contribution >= 0.6 is 0 Å². The van der Waals surface area contributed by atoms with Crippen LogP contribution < -0.4 is 10.1 Å². The van der Waals surface area contributed by atoms with Crippen molar-refractivity contribution in [2.45, 2.75) is 19.8 Å². The molecule has 0 aliphatic heterocycles. The molecule has 0 saturated carbocycles. The topological polar surface area (TPSA) is 64.4 Å². The van der Waals surface area contributed by atoms with Gasteiger partial charge in [0.05, 0.1) is 12.8 Å². The standard InChI is InChI=1S/C18H18N2O3/c1-3-6-17(21)19-14-11-12(9-10-15(14)22-2)18-20-13-7-4-5-8-16(13)23-18/h4-5,7-11H,3,6H2,1-2H3,(H,19,21). The van der Waals surface area contributed by atoms with E-state index in [1.54, 1.807) is 13.2 Å². The molecule has 1 heterocycles. The fourth-order valence-corrected chi connectivity index (χ4v) is 2.37. The molecule has 0 fully saturated rings. The lowest BCUT2D eigenvalue weighted by atomic mass is 10.1. The first-order valence-electron chi connectivity index (χ1n) is 7.55. The molecule has 5 heteroatoms. The van der Waals surface area contributed by atoms with E-state index in [1.165, 1.54) is 0 Å². The minimum Gasteiger partial charge on any atom is -0.495 e. The van der Waals surface area contributed by atoms with Crippen molar-refractivity contribution in [1.82, 2.24) is 4.98 Å². The number of oxazole rings is 1. The number of aromatic nitrogens is 1. The number of methoxy groups -OCH3 is 1. The summed E-state index contributed by atoms with van der Waals surface area (Å²) in [6.45, 7) is 1.96. The van der Waals surface area contributed by atoms with Gasteiger partial charge in [0.2, 0.25) is 11.8 Å². The molecule has 0 radical (unpaired) electrons. The van der Waals surface area contributed by atoms with Gasteiger partial charge in [0, 0.05) is 12.0 Å². The Bertz CT molecular complexity index is 806. The van der Waals surface area contributed by atoms with Crippen LogP contribution in [0.2, 0.25) is 0 Å². The number of rotatable bonds is 5. The van der Waals surface area contributed by atoms with E-state index in [1.807, 2.05) is 43.3 Å². The molecule has 0 spiro atoms. The fraction of sp³-hybridized carbons (Fsp3) is 0.222. The van der Waals surface area contributed by atoms with Crippen LogP contribution in [-0.2, 0) is 4.79 Å². The molecule has 118 valence electrons. The number of benzene rings is 2. The van der Waals surface area contributed by atoms with Gasteiger partial charge in [-0.2, -0.15) is 0 Å². The van der Waals surface area contributed by atoms with Gasteiger partial charge in [0.1, 0.15) is 11.3 Å². The van der Waals surface area contributed by atoms with E-state index >= 15 is 0 Å². The maximum Gasteiger partial charge on any atom is 0.227 e. The van der Waals surface area contributed by atoms with Crippen LogP contribution in [-0.4, -0.2) is 18.0 Å². The minimum atomic E-state index is -0.0412. The largest absolute Gasteiger partial charge is 0.495 e. The van der Waals surface area contributed by atoms with Crippen LogP contribution in [0.4, 0.5) is 5.69 Å². The molecule has 0 aliphatic carbocycles. The Kier molecular flexibility index (Phi) is 4.28. The molecular formula is C18H18N2O3. The van der Waals surface area contributed by atoms with Crippen molar-refractivity contribution in [1.29, 1.82) is 0 Å². The summed E-state index contributed by atoms with van der Waals surface area (Å²) in [7, 11) is 1.57. The zero-order valence-electron chi connectivity index (χ0n) is 13.1. The first kappa shape index (κ1) is 15.1. The number of hydrogen-bond donors (Lipinski definition) is 1. The van der Waals surface area contributed by atoms with Crippen LogP contribution in [0, 0.1) is 0 Å². The minimum absolute atomic E-state index is 0.0412. The summed E-state index contributed by atoms with van der Waals surface area (Å²) in [6.07, 6.45) is 1.26. The van der Waals surface area contributed by atoms with E-state index in [0.717, 1.165) is 23.1 Å². The molecular weight excluding hydrogens is 292 g/mol. The number of carbonyl (C=O) groups is 1. The number of para-hydroxylation sites is 2. The Hall–Kier alpha value is -2.82. The SMILES string of the molecule is CCCC(=O)Nc1cc(-c2nc3ccccc3o2)ccc1OC. The lowest BCUT2D eigenvalue weighted by Crippen LogP contribution is -2.11. The number of hydrogen-bond acceptors (Lipinski definition) is 4. The van der Waals surface area contributed by atoms with Gasteiger partial charge in [0.25, 0.3) is 0 Å². The van der Waals surface area contributed by atoms with Crippen molar-refractivity contribution in [3.8, 4) is 17.2 Å². The summed E-state index contributed by atoms with van der Waals surface area (Å²) < 4.78 is 11.1. The third-order valence-corrected chi connectivity index (χ3v) is 3.49. The maximum absolute atomic E-state index is 11.9. The van der Waals surface area contributed by atoms with Crippen LogP contribution in [0.1, 0.15) is 19.8 Å². The van der Waals surface area contributed by atoms with E-state index in [0.29, 0.717) is 23.7 Å². The van der Waals surface area contributed by atoms with Gasteiger partial charge in [-0.05, 0) is 36.8 Å². The molecule has 1 N–H and O–H groups in total. The second-order valence-corrected chi connectivity index (χ2v) is 5.20. The number of ether oxygens (including phenoxy) is 1. The molecule has 3 aromatic rings. The number of carbonyl (C=O) groups excluding carboxylic acids is 1. The first-order valence-corrected chi connectivity index (χ1v) is 7.55. The molecule has 0 atom stereocenters. The number of fused-ring (bicyclic) bond motifs is 1. The third kappa shape index (κ3) is 3.18. The smallest absolute Gasteiger partial charge is 0.227 e. The Balaban J connectivity index is 1.97. The van der Waals surface area contributed by atoms with Crippen molar-refractivity contribution in [3.63, 3.8) is 0 Å². The zero-order chi connectivity index (χ0) is 16.2. The average molecular weight is 310 g/mol. The van der Waals surface area contributed by atoms with Gasteiger partial charge in [0.15, 0.2) is 5.58 Å². The molecule has 0 aliphatic rings. The summed E-state index contributed by atoms with van der Waals surface area (Å²) in [4.78, 5) is 16.3. The Morgan fingerprint density at radius 1 is 1.26 bits per heavy atom. The van der Waals surface area contributed by atoms with E-state index in [4.69, 9.17) is 9.15 Å². The van der Waals surface area contributed by atoms with Crippen molar-refractivity contribution < 1.29 is 13.9 Å². The van der Waals surface area contributed by atoms with Crippen LogP contribution in [0.25, 0.3) is 22.6 Å². The first-order chi connectivity index (χ1) is 11.2. The lowest BCUT2D eigenvalue weighted by Gasteiger charge is -2.10. The van der Waals surface area contributed by atoms with Crippen LogP contribution in [0.15, 0.2) is 46.9 Å². The fourth-order valence-electron chi connectivity index (χ4n) is 2.37. The highest BCUT2D eigenvalue weighted by atomic mass is 16.5. The molecule has 1 amide bonds. The predicted molar refractivity (Wildman–Crippen MR) is 89.5 cm³/mol. The van der Waals surface area contributed by atoms with Gasteiger partial charge in [-0.1, -0.05) is 19.1 Å². The lowest BCUT2D eigenvalue weighted by molar-refractivity contribution is -0.116. The molecule has 0 saturated heterocycles. The summed E-state index contributed by atoms with van der Waals surface area (Å²) in [5, 5.41) is 2.87. The molecule has 1 aromatic heterocycles. The van der Waals surface area contributed by atoms with E-state index in [-0.39, 0.29) is 5.91 Å². The normalized spacial score (nSPS) is 10.7. The monoisotopic (exact) mass is 310 g/mol. The quantitative estimate of drug-likeness (QED) is 0.765. The van der Waals surface area contributed by atoms with Gasteiger partial charge in [-0.3, -0.25) is 4.79 Å². The molecule has 23 heavy (non-hydrogen) atoms. The van der Waals surface area contributed by atoms with Crippen LogP contribution in [0.5, 0.6) is 5.75 Å². The van der Waals surface area contributed by atoms with E-state index in [9.17, 15) is 4.79 Å². The summed E-state index contributed by atoms with van der Waals surface area (Å²) in [6, 6.07) is 13.1. The summed E-state index contributed by atoms with van der Waals surface area (Å²) >= 11 is 0. The third-order valence-electron chi connectivity index (χ3n) is 3.49. The summed E-state index contributed by atoms with van der Waals surface area (Å²) in [5.41, 5.74) is 2.93. The molecule has 5 nitrogen and oxygen atoms in total. The van der Waals surface area contributed by atoms with Crippen molar-refractivity contribution in [3.05, 3.63) is 42.5 Å². The van der Waals surface area contributed by atoms with Crippen molar-refractivity contribution in [2.75, 3.05) is 12.4 Å². The Morgan fingerprint density at radius 2 is 2.09 bits per heavy atom. The second-order valence-electron chi connectivity index (χ2n) is 5.20. The summed E-state index contributed by atoms with van der Waals surface area (Å²) in [5.74, 6) is 1.08. The van der Waals surface area contributed by atoms with E-state index < -0.39 is 0 Å². The van der Waals surface area contributed by atoms with Gasteiger partial charge in [-0.15, -0.1) is 0 Å². The average Bonchev–Trinajstić information content (AvgIpc) is 2.99. The van der Waals surface area contributed by atoms with Gasteiger partial charge < -0.3 is 14.5 Å². The Labute approximate surface area is 134 Å². The Morgan fingerprint density at radius 3 is 2.83 bits per heavy atom. The maximum atomic E-state index is 11.9. The zero-order valence-corrected chi connectivity index (χ0v) is 13.1. The van der Waals surface area contributed by atoms with Crippen molar-refractivity contribution in [2.24, 2.45) is 0 Å². The molecule has 3 rings (SSSR count). The van der Waals surface area contributed by atoms with Gasteiger partial charge in [-0.25, -0.2) is 4.98 Å². The highest BCUT2D eigenvalue weighted by molar-refractivity contribution is 5.93.